The maximum Gasteiger partial charge on any atom is 0.244 e. The van der Waals surface area contributed by atoms with Gasteiger partial charge in [0.25, 0.3) is 0 Å². The number of carbonyl (C=O) groups is 1. The third kappa shape index (κ3) is 5.82. The normalized spacial score (nSPS) is 13.5. The van der Waals surface area contributed by atoms with Gasteiger partial charge in [-0.25, -0.2) is 8.42 Å². The van der Waals surface area contributed by atoms with Crippen LogP contribution < -0.4 is 14.8 Å². The highest BCUT2D eigenvalue weighted by atomic mass is 35.5. The van der Waals surface area contributed by atoms with Crippen molar-refractivity contribution in [2.75, 3.05) is 32.8 Å². The van der Waals surface area contributed by atoms with Crippen molar-refractivity contribution in [2.45, 2.75) is 25.2 Å². The first-order chi connectivity index (χ1) is 15.3. The summed E-state index contributed by atoms with van der Waals surface area (Å²) in [6, 6.07) is 10.1. The fourth-order valence-corrected chi connectivity index (χ4v) is 5.08. The van der Waals surface area contributed by atoms with Crippen molar-refractivity contribution >= 4 is 33.6 Å². The predicted octanol–water partition coefficient (Wildman–Crippen LogP) is 3.51. The number of rotatable bonds is 9. The van der Waals surface area contributed by atoms with Crippen molar-refractivity contribution in [3.05, 3.63) is 58.6 Å². The van der Waals surface area contributed by atoms with Crippen LogP contribution in [0.15, 0.2) is 47.4 Å². The van der Waals surface area contributed by atoms with Gasteiger partial charge in [-0.1, -0.05) is 37.6 Å². The van der Waals surface area contributed by atoms with E-state index in [0.717, 1.165) is 11.1 Å². The predicted molar refractivity (Wildman–Crippen MR) is 125 cm³/mol. The van der Waals surface area contributed by atoms with Gasteiger partial charge in [0.15, 0.2) is 11.5 Å². The quantitative estimate of drug-likeness (QED) is 0.557. The van der Waals surface area contributed by atoms with Crippen LogP contribution >= 0.6 is 11.6 Å². The molecular formula is C23H27ClN2O5S. The number of benzene rings is 2. The standard InChI is InChI=1S/C23H27ClN2O5S/c1-3-26(4-2)32(28,29)19-8-5-17(6-9-19)7-10-22(27)25-12-11-18-15-20(24)23-21(16-18)30-13-14-31-23/h5-10,15-16H,3-4,11-14H2,1-2H3,(H,25,27)/b10-7+. The second-order valence-corrected chi connectivity index (χ2v) is 9.48. The molecule has 0 fully saturated rings. The summed E-state index contributed by atoms with van der Waals surface area (Å²) in [7, 11) is -3.49. The minimum absolute atomic E-state index is 0.237. The van der Waals surface area contributed by atoms with E-state index in [1.54, 1.807) is 44.2 Å². The Balaban J connectivity index is 1.53. The first-order valence-corrected chi connectivity index (χ1v) is 12.3. The van der Waals surface area contributed by atoms with Crippen LogP contribution in [0.2, 0.25) is 5.02 Å². The Morgan fingerprint density at radius 3 is 2.50 bits per heavy atom. The van der Waals surface area contributed by atoms with E-state index in [1.807, 2.05) is 12.1 Å². The molecule has 0 unspecified atom stereocenters. The van der Waals surface area contributed by atoms with Gasteiger partial charge in [0, 0.05) is 25.7 Å². The number of nitrogens with one attached hydrogen (secondary N) is 1. The van der Waals surface area contributed by atoms with Gasteiger partial charge in [0.05, 0.1) is 9.92 Å². The molecule has 1 amide bonds. The van der Waals surface area contributed by atoms with Gasteiger partial charge < -0.3 is 14.8 Å². The fourth-order valence-electron chi connectivity index (χ4n) is 3.33. The third-order valence-corrected chi connectivity index (χ3v) is 7.36. The number of carbonyl (C=O) groups excluding carboxylic acids is 1. The molecule has 2 aromatic carbocycles. The van der Waals surface area contributed by atoms with Crippen molar-refractivity contribution in [1.29, 1.82) is 0 Å². The second-order valence-electron chi connectivity index (χ2n) is 7.13. The van der Waals surface area contributed by atoms with E-state index in [2.05, 4.69) is 5.32 Å². The van der Waals surface area contributed by atoms with E-state index in [-0.39, 0.29) is 10.8 Å². The Labute approximate surface area is 194 Å². The van der Waals surface area contributed by atoms with Gasteiger partial charge in [-0.15, -0.1) is 0 Å². The molecule has 0 atom stereocenters. The average molecular weight is 479 g/mol. The molecule has 3 rings (SSSR count). The van der Waals surface area contributed by atoms with Crippen LogP contribution in [0.5, 0.6) is 11.5 Å². The average Bonchev–Trinajstić information content (AvgIpc) is 2.79. The maximum absolute atomic E-state index is 12.5. The van der Waals surface area contributed by atoms with Crippen molar-refractivity contribution in [3.63, 3.8) is 0 Å². The maximum atomic E-state index is 12.5. The molecule has 0 saturated heterocycles. The van der Waals surface area contributed by atoms with Gasteiger partial charge in [-0.2, -0.15) is 4.31 Å². The molecule has 0 aromatic heterocycles. The number of halogens is 1. The van der Waals surface area contributed by atoms with Crippen molar-refractivity contribution in [3.8, 4) is 11.5 Å². The first-order valence-electron chi connectivity index (χ1n) is 10.5. The Bertz CT molecular complexity index is 1080. The summed E-state index contributed by atoms with van der Waals surface area (Å²) in [5.74, 6) is 0.939. The topological polar surface area (TPSA) is 84.9 Å². The molecule has 32 heavy (non-hydrogen) atoms. The van der Waals surface area contributed by atoms with Crippen LogP contribution in [-0.2, 0) is 21.2 Å². The summed E-state index contributed by atoms with van der Waals surface area (Å²) < 4.78 is 37.5. The fraction of sp³-hybridized carbons (Fsp3) is 0.348. The SMILES string of the molecule is CCN(CC)S(=O)(=O)c1ccc(/C=C/C(=O)NCCc2cc(Cl)c3c(c2)OCCO3)cc1. The number of fused-ring (bicyclic) bond motifs is 1. The molecule has 1 heterocycles. The van der Waals surface area contributed by atoms with Crippen molar-refractivity contribution in [2.24, 2.45) is 0 Å². The Kier molecular flexibility index (Phi) is 8.17. The van der Waals surface area contributed by atoms with Gasteiger partial charge >= 0.3 is 0 Å². The number of sulfonamides is 1. The van der Waals surface area contributed by atoms with Crippen LogP contribution in [-0.4, -0.2) is 51.5 Å². The number of nitrogens with zero attached hydrogens (tertiary/aromatic N) is 1. The Hall–Kier alpha value is -2.55. The largest absolute Gasteiger partial charge is 0.486 e. The van der Waals surface area contributed by atoms with Crippen LogP contribution in [0.1, 0.15) is 25.0 Å². The van der Waals surface area contributed by atoms with Crippen LogP contribution in [0, 0.1) is 0 Å². The highest BCUT2D eigenvalue weighted by Gasteiger charge is 2.21. The van der Waals surface area contributed by atoms with Crippen molar-refractivity contribution < 1.29 is 22.7 Å². The molecule has 0 radical (unpaired) electrons. The molecule has 0 saturated carbocycles. The zero-order valence-corrected chi connectivity index (χ0v) is 19.7. The Morgan fingerprint density at radius 1 is 1.12 bits per heavy atom. The van der Waals surface area contributed by atoms with E-state index in [1.165, 1.54) is 10.4 Å². The van der Waals surface area contributed by atoms with E-state index < -0.39 is 10.0 Å². The first kappa shape index (κ1) is 24.1. The van der Waals surface area contributed by atoms with Crippen LogP contribution in [0.25, 0.3) is 6.08 Å². The molecule has 0 bridgehead atoms. The van der Waals surface area contributed by atoms with E-state index >= 15 is 0 Å². The van der Waals surface area contributed by atoms with E-state index in [9.17, 15) is 13.2 Å². The zero-order chi connectivity index (χ0) is 23.1. The van der Waals surface area contributed by atoms with Gasteiger partial charge in [0.2, 0.25) is 15.9 Å². The summed E-state index contributed by atoms with van der Waals surface area (Å²) >= 11 is 6.24. The van der Waals surface area contributed by atoms with Gasteiger partial charge in [0.1, 0.15) is 13.2 Å². The lowest BCUT2D eigenvalue weighted by atomic mass is 10.1. The minimum Gasteiger partial charge on any atom is -0.486 e. The lowest BCUT2D eigenvalue weighted by Crippen LogP contribution is -2.30. The number of hydrogen-bond acceptors (Lipinski definition) is 5. The lowest BCUT2D eigenvalue weighted by Gasteiger charge is -2.20. The molecule has 1 N–H and O–H groups in total. The second kappa shape index (κ2) is 10.8. The summed E-state index contributed by atoms with van der Waals surface area (Å²) in [6.45, 7) is 5.83. The van der Waals surface area contributed by atoms with Gasteiger partial charge in [-0.05, 0) is 47.9 Å². The minimum atomic E-state index is -3.49. The number of hydrogen-bond donors (Lipinski definition) is 1. The zero-order valence-electron chi connectivity index (χ0n) is 18.1. The lowest BCUT2D eigenvalue weighted by molar-refractivity contribution is -0.116. The highest BCUT2D eigenvalue weighted by molar-refractivity contribution is 7.89. The highest BCUT2D eigenvalue weighted by Crippen LogP contribution is 2.38. The van der Waals surface area contributed by atoms with E-state index in [4.69, 9.17) is 21.1 Å². The molecule has 172 valence electrons. The molecule has 0 aliphatic carbocycles. The number of ether oxygens (including phenoxy) is 2. The summed E-state index contributed by atoms with van der Waals surface area (Å²) in [6.07, 6.45) is 3.66. The molecule has 1 aliphatic heterocycles. The Morgan fingerprint density at radius 2 is 1.81 bits per heavy atom. The molecule has 1 aliphatic rings. The van der Waals surface area contributed by atoms with Crippen LogP contribution in [0.4, 0.5) is 0 Å². The summed E-state index contributed by atoms with van der Waals surface area (Å²) in [5.41, 5.74) is 1.67. The third-order valence-electron chi connectivity index (χ3n) is 5.02. The number of amides is 1. The molecule has 0 spiro atoms. The van der Waals surface area contributed by atoms with Crippen molar-refractivity contribution in [1.82, 2.24) is 9.62 Å². The van der Waals surface area contributed by atoms with Gasteiger partial charge in [-0.3, -0.25) is 4.79 Å². The smallest absolute Gasteiger partial charge is 0.244 e. The summed E-state index contributed by atoms with van der Waals surface area (Å²) in [4.78, 5) is 12.4. The summed E-state index contributed by atoms with van der Waals surface area (Å²) in [5, 5.41) is 3.32. The monoisotopic (exact) mass is 478 g/mol. The molecule has 9 heteroatoms. The molecular weight excluding hydrogens is 452 g/mol. The molecule has 7 nitrogen and oxygen atoms in total. The molecule has 2 aromatic rings. The van der Waals surface area contributed by atoms with Crippen LogP contribution in [0.3, 0.4) is 0 Å². The van der Waals surface area contributed by atoms with E-state index in [0.29, 0.717) is 55.8 Å².